The summed E-state index contributed by atoms with van der Waals surface area (Å²) in [4.78, 5) is 2.23. The number of β-amino-alcohol motifs (C(OH)–C–C–N with tert-alkyl or cyclic N) is 1. The van der Waals surface area contributed by atoms with Crippen LogP contribution in [0.15, 0.2) is 0 Å². The van der Waals surface area contributed by atoms with Gasteiger partial charge in [0.25, 0.3) is 0 Å². The van der Waals surface area contributed by atoms with Crippen LogP contribution in [-0.2, 0) is 4.74 Å². The molecule has 3 nitrogen and oxygen atoms in total. The summed E-state index contributed by atoms with van der Waals surface area (Å²) in [6, 6.07) is 0. The quantitative estimate of drug-likeness (QED) is 0.589. The van der Waals surface area contributed by atoms with Crippen LogP contribution in [0.25, 0.3) is 0 Å². The second-order valence-electron chi connectivity index (χ2n) is 2.76. The van der Waals surface area contributed by atoms with Gasteiger partial charge in [-0.05, 0) is 19.5 Å². The Balaban J connectivity index is 1.99. The summed E-state index contributed by atoms with van der Waals surface area (Å²) < 4.78 is 4.80. The van der Waals surface area contributed by atoms with Crippen molar-refractivity contribution in [1.29, 1.82) is 0 Å². The molecule has 1 fully saturated rings. The summed E-state index contributed by atoms with van der Waals surface area (Å²) >= 11 is 0. The molecule has 3 heteroatoms. The molecule has 0 aromatic heterocycles. The summed E-state index contributed by atoms with van der Waals surface area (Å²) in [5.41, 5.74) is 0. The molecule has 0 saturated carbocycles. The molecule has 0 spiro atoms. The van der Waals surface area contributed by atoms with Gasteiger partial charge in [-0.25, -0.2) is 0 Å². The van der Waals surface area contributed by atoms with Gasteiger partial charge in [0.15, 0.2) is 0 Å². The maximum absolute atomic E-state index is 9.22. The van der Waals surface area contributed by atoms with Gasteiger partial charge in [-0.15, -0.1) is 0 Å². The molecule has 1 N–H and O–H groups in total. The number of nitrogens with zero attached hydrogens (tertiary/aromatic N) is 1. The Bertz CT molecular complexity index is 93.6. The van der Waals surface area contributed by atoms with Gasteiger partial charge in [-0.1, -0.05) is 0 Å². The fourth-order valence-electron chi connectivity index (χ4n) is 1.11. The van der Waals surface area contributed by atoms with Gasteiger partial charge < -0.3 is 14.7 Å². The number of hydrogen-bond acceptors (Lipinski definition) is 3. The minimum atomic E-state index is -0.301. The minimum Gasteiger partial charge on any atom is -0.389 e. The van der Waals surface area contributed by atoms with Gasteiger partial charge in [0.05, 0.1) is 12.7 Å². The molecule has 0 bridgehead atoms. The lowest BCUT2D eigenvalue weighted by atomic mass is 10.2. The van der Waals surface area contributed by atoms with Crippen molar-refractivity contribution < 1.29 is 9.84 Å². The van der Waals surface area contributed by atoms with E-state index in [4.69, 9.17) is 4.74 Å². The minimum absolute atomic E-state index is 0.301. The van der Waals surface area contributed by atoms with Crippen LogP contribution in [0.3, 0.4) is 0 Å². The average Bonchev–Trinajstić information content (AvgIpc) is 1.80. The Hall–Kier alpha value is -0.120. The van der Waals surface area contributed by atoms with E-state index in [0.717, 1.165) is 19.6 Å². The highest BCUT2D eigenvalue weighted by atomic mass is 16.5. The third-order valence-corrected chi connectivity index (χ3v) is 1.78. The number of likely N-dealkylation sites (tertiary alicyclic amines) is 1. The normalized spacial score (nSPS) is 22.2. The molecule has 1 aliphatic rings. The van der Waals surface area contributed by atoms with E-state index >= 15 is 0 Å². The molecule has 0 radical (unpaired) electrons. The van der Waals surface area contributed by atoms with Crippen LogP contribution >= 0.6 is 0 Å². The molecule has 1 rings (SSSR count). The number of aliphatic hydroxyl groups excluding tert-OH is 1. The van der Waals surface area contributed by atoms with E-state index in [1.807, 2.05) is 0 Å². The Morgan fingerprint density at radius 1 is 1.60 bits per heavy atom. The first-order valence-electron chi connectivity index (χ1n) is 3.72. The van der Waals surface area contributed by atoms with Crippen LogP contribution in [0.5, 0.6) is 0 Å². The molecule has 0 aromatic carbocycles. The summed E-state index contributed by atoms with van der Waals surface area (Å²) in [7, 11) is 1.61. The monoisotopic (exact) mass is 145 g/mol. The molecule has 1 atom stereocenters. The van der Waals surface area contributed by atoms with E-state index in [-0.39, 0.29) is 6.10 Å². The van der Waals surface area contributed by atoms with E-state index < -0.39 is 0 Å². The topological polar surface area (TPSA) is 32.7 Å². The van der Waals surface area contributed by atoms with Crippen LogP contribution in [0.4, 0.5) is 0 Å². The van der Waals surface area contributed by atoms with E-state index in [0.29, 0.717) is 6.61 Å². The molecule has 0 aromatic rings. The number of rotatable bonds is 4. The summed E-state index contributed by atoms with van der Waals surface area (Å²) in [6.07, 6.45) is 0.977. The lowest BCUT2D eigenvalue weighted by molar-refractivity contribution is 0.0226. The summed E-state index contributed by atoms with van der Waals surface area (Å²) in [5, 5.41) is 9.22. The second-order valence-corrected chi connectivity index (χ2v) is 2.76. The molecule has 10 heavy (non-hydrogen) atoms. The fraction of sp³-hybridized carbons (Fsp3) is 1.00. The highest BCUT2D eigenvalue weighted by molar-refractivity contribution is 4.71. The van der Waals surface area contributed by atoms with Gasteiger partial charge in [-0.3, -0.25) is 0 Å². The fourth-order valence-corrected chi connectivity index (χ4v) is 1.11. The van der Waals surface area contributed by atoms with Gasteiger partial charge in [-0.2, -0.15) is 0 Å². The zero-order chi connectivity index (χ0) is 7.40. The van der Waals surface area contributed by atoms with Crippen molar-refractivity contribution in [2.75, 3.05) is 33.4 Å². The molecule has 1 unspecified atom stereocenters. The van der Waals surface area contributed by atoms with Crippen LogP contribution in [0, 0.1) is 0 Å². The Labute approximate surface area is 61.6 Å². The van der Waals surface area contributed by atoms with Gasteiger partial charge in [0, 0.05) is 13.7 Å². The lowest BCUT2D eigenvalue weighted by Crippen LogP contribution is -2.43. The highest BCUT2D eigenvalue weighted by Gasteiger charge is 2.16. The smallest absolute Gasteiger partial charge is 0.0900 e. The number of ether oxygens (including phenoxy) is 1. The second kappa shape index (κ2) is 3.91. The first-order chi connectivity index (χ1) is 4.83. The van der Waals surface area contributed by atoms with E-state index in [2.05, 4.69) is 4.90 Å². The van der Waals surface area contributed by atoms with Crippen LogP contribution < -0.4 is 0 Å². The zero-order valence-corrected chi connectivity index (χ0v) is 6.42. The van der Waals surface area contributed by atoms with Crippen molar-refractivity contribution in [3.63, 3.8) is 0 Å². The summed E-state index contributed by atoms with van der Waals surface area (Å²) in [5.74, 6) is 0. The predicted octanol–water partition coefficient (Wildman–Crippen LogP) is -0.301. The van der Waals surface area contributed by atoms with Crippen molar-refractivity contribution >= 4 is 0 Å². The predicted molar refractivity (Wildman–Crippen MR) is 38.9 cm³/mol. The maximum Gasteiger partial charge on any atom is 0.0900 e. The van der Waals surface area contributed by atoms with Crippen LogP contribution in [0.1, 0.15) is 6.42 Å². The van der Waals surface area contributed by atoms with Crippen molar-refractivity contribution in [1.82, 2.24) is 4.90 Å². The van der Waals surface area contributed by atoms with Crippen molar-refractivity contribution in [2.45, 2.75) is 12.5 Å². The van der Waals surface area contributed by atoms with Gasteiger partial charge in [0.2, 0.25) is 0 Å². The summed E-state index contributed by atoms with van der Waals surface area (Å²) in [6.45, 7) is 3.51. The van der Waals surface area contributed by atoms with Crippen molar-refractivity contribution in [3.8, 4) is 0 Å². The lowest BCUT2D eigenvalue weighted by Gasteiger charge is -2.32. The van der Waals surface area contributed by atoms with E-state index in [1.54, 1.807) is 7.11 Å². The third kappa shape index (κ3) is 2.25. The SMILES string of the molecule is COCC(O)CN1CCC1. The van der Waals surface area contributed by atoms with Crippen LogP contribution in [0.2, 0.25) is 0 Å². The Morgan fingerprint density at radius 2 is 2.30 bits per heavy atom. The number of hydrogen-bond donors (Lipinski definition) is 1. The molecule has 1 heterocycles. The molecule has 1 aliphatic heterocycles. The van der Waals surface area contributed by atoms with E-state index in [9.17, 15) is 5.11 Å². The largest absolute Gasteiger partial charge is 0.389 e. The zero-order valence-electron chi connectivity index (χ0n) is 6.42. The van der Waals surface area contributed by atoms with Gasteiger partial charge in [0.1, 0.15) is 0 Å². The van der Waals surface area contributed by atoms with E-state index in [1.165, 1.54) is 6.42 Å². The molecular weight excluding hydrogens is 130 g/mol. The first kappa shape index (κ1) is 7.98. The number of aliphatic hydroxyl groups is 1. The number of methoxy groups -OCH3 is 1. The standard InChI is InChI=1S/C7H15NO2/c1-10-6-7(9)5-8-3-2-4-8/h7,9H,2-6H2,1H3. The molecule has 0 amide bonds. The van der Waals surface area contributed by atoms with Crippen LogP contribution in [-0.4, -0.2) is 49.5 Å². The third-order valence-electron chi connectivity index (χ3n) is 1.78. The molecule has 1 saturated heterocycles. The Morgan fingerprint density at radius 3 is 2.70 bits per heavy atom. The molecular formula is C7H15NO2. The van der Waals surface area contributed by atoms with Crippen molar-refractivity contribution in [2.24, 2.45) is 0 Å². The van der Waals surface area contributed by atoms with Crippen molar-refractivity contribution in [3.05, 3.63) is 0 Å². The molecule has 0 aliphatic carbocycles. The average molecular weight is 145 g/mol. The maximum atomic E-state index is 9.22. The Kier molecular flexibility index (Phi) is 3.12. The highest BCUT2D eigenvalue weighted by Crippen LogP contribution is 2.05. The van der Waals surface area contributed by atoms with Gasteiger partial charge >= 0.3 is 0 Å². The first-order valence-corrected chi connectivity index (χ1v) is 3.72. The molecule has 60 valence electrons.